The van der Waals surface area contributed by atoms with E-state index in [4.69, 9.17) is 27.6 Å². The summed E-state index contributed by atoms with van der Waals surface area (Å²) in [5, 5.41) is 3.32. The average molecular weight is 335 g/mol. The minimum atomic E-state index is -0.335. The number of hydrogen-bond acceptors (Lipinski definition) is 2. The molecule has 1 amide bonds. The van der Waals surface area contributed by atoms with E-state index in [1.165, 1.54) is 12.3 Å². The molecule has 0 aliphatic heterocycles. The van der Waals surface area contributed by atoms with Crippen LogP contribution in [0.3, 0.4) is 0 Å². The van der Waals surface area contributed by atoms with Gasteiger partial charge in [-0.15, -0.1) is 0 Å². The molecule has 0 saturated heterocycles. The van der Waals surface area contributed by atoms with Crippen LogP contribution in [-0.2, 0) is 0 Å². The van der Waals surface area contributed by atoms with Crippen molar-refractivity contribution in [2.75, 3.05) is 5.32 Å². The lowest BCUT2D eigenvalue weighted by Gasteiger charge is -2.05. The third-order valence-corrected chi connectivity index (χ3v) is 3.55. The molecule has 0 aliphatic rings. The van der Waals surface area contributed by atoms with E-state index in [0.29, 0.717) is 15.2 Å². The maximum absolute atomic E-state index is 11.8. The van der Waals surface area contributed by atoms with E-state index < -0.39 is 0 Å². The monoisotopic (exact) mass is 333 g/mol. The summed E-state index contributed by atoms with van der Waals surface area (Å²) in [7, 11) is 0. The van der Waals surface area contributed by atoms with E-state index in [1.54, 1.807) is 18.2 Å². The number of furan rings is 1. The van der Waals surface area contributed by atoms with Crippen molar-refractivity contribution in [3.8, 4) is 0 Å². The fraction of sp³-hybridized carbons (Fsp3) is 0. The Kier molecular flexibility index (Phi) is 3.76. The number of hydrogen-bond donors (Lipinski definition) is 1. The van der Waals surface area contributed by atoms with Crippen molar-refractivity contribution in [1.82, 2.24) is 0 Å². The third-order valence-electron chi connectivity index (χ3n) is 2.04. The molecular formula is C11H6BrCl2NO2. The molecule has 17 heavy (non-hydrogen) atoms. The van der Waals surface area contributed by atoms with Crippen LogP contribution in [0, 0.1) is 0 Å². The molecule has 88 valence electrons. The molecule has 0 aliphatic carbocycles. The maximum atomic E-state index is 11.8. The van der Waals surface area contributed by atoms with Gasteiger partial charge in [-0.25, -0.2) is 0 Å². The third kappa shape index (κ3) is 2.83. The molecule has 1 aromatic heterocycles. The zero-order valence-electron chi connectivity index (χ0n) is 8.34. The molecular weight excluding hydrogens is 329 g/mol. The fourth-order valence-electron chi connectivity index (χ4n) is 1.23. The van der Waals surface area contributed by atoms with E-state index >= 15 is 0 Å². The fourth-order valence-corrected chi connectivity index (χ4v) is 1.92. The number of nitrogens with one attached hydrogen (secondary N) is 1. The summed E-state index contributed by atoms with van der Waals surface area (Å²) < 4.78 is 5.54. The first-order valence-electron chi connectivity index (χ1n) is 4.57. The Balaban J connectivity index is 2.19. The van der Waals surface area contributed by atoms with Crippen molar-refractivity contribution in [2.24, 2.45) is 0 Å². The predicted molar refractivity (Wildman–Crippen MR) is 70.8 cm³/mol. The topological polar surface area (TPSA) is 42.2 Å². The second-order valence-corrected chi connectivity index (χ2v) is 4.80. The van der Waals surface area contributed by atoms with E-state index in [-0.39, 0.29) is 16.7 Å². The van der Waals surface area contributed by atoms with E-state index in [0.717, 1.165) is 0 Å². The van der Waals surface area contributed by atoms with Crippen LogP contribution >= 0.6 is 39.1 Å². The summed E-state index contributed by atoms with van der Waals surface area (Å²) in [5.41, 5.74) is 0.904. The molecule has 0 bridgehead atoms. The molecule has 1 N–H and O–H groups in total. The summed E-state index contributed by atoms with van der Waals surface area (Å²) in [5.74, 6) is -0.335. The van der Waals surface area contributed by atoms with Crippen molar-refractivity contribution in [3.05, 3.63) is 50.8 Å². The highest BCUT2D eigenvalue weighted by molar-refractivity contribution is 9.10. The lowest BCUT2D eigenvalue weighted by Crippen LogP contribution is -2.11. The van der Waals surface area contributed by atoms with Gasteiger partial charge >= 0.3 is 0 Å². The minimum absolute atomic E-state index is 0.0653. The maximum Gasteiger partial charge on any atom is 0.260 e. The highest BCUT2D eigenvalue weighted by Crippen LogP contribution is 2.26. The van der Waals surface area contributed by atoms with Gasteiger partial charge in [0.25, 0.3) is 5.91 Å². The summed E-state index contributed by atoms with van der Waals surface area (Å²) >= 11 is 14.8. The van der Waals surface area contributed by atoms with Gasteiger partial charge in [0, 0.05) is 10.2 Å². The Morgan fingerprint density at radius 3 is 2.65 bits per heavy atom. The molecule has 0 spiro atoms. The van der Waals surface area contributed by atoms with Crippen LogP contribution in [0.5, 0.6) is 0 Å². The second-order valence-electron chi connectivity index (χ2n) is 3.19. The Morgan fingerprint density at radius 2 is 2.06 bits per heavy atom. The Labute approximate surface area is 116 Å². The van der Waals surface area contributed by atoms with Gasteiger partial charge in [0.15, 0.2) is 0 Å². The van der Waals surface area contributed by atoms with Crippen LogP contribution in [0.25, 0.3) is 0 Å². The van der Waals surface area contributed by atoms with E-state index in [9.17, 15) is 4.79 Å². The van der Waals surface area contributed by atoms with Gasteiger partial charge in [0.05, 0.1) is 16.8 Å². The quantitative estimate of drug-likeness (QED) is 0.872. The minimum Gasteiger partial charge on any atom is -0.452 e. The Bertz CT molecular complexity index is 568. The van der Waals surface area contributed by atoms with Gasteiger partial charge in [0.2, 0.25) is 5.22 Å². The zero-order chi connectivity index (χ0) is 12.4. The molecule has 2 rings (SSSR count). The van der Waals surface area contributed by atoms with Gasteiger partial charge in [-0.2, -0.15) is 0 Å². The molecule has 2 aromatic rings. The van der Waals surface area contributed by atoms with Crippen LogP contribution in [0.2, 0.25) is 10.2 Å². The number of halogens is 3. The van der Waals surface area contributed by atoms with Crippen LogP contribution < -0.4 is 5.32 Å². The van der Waals surface area contributed by atoms with Gasteiger partial charge in [-0.05, 0) is 51.8 Å². The Morgan fingerprint density at radius 1 is 1.29 bits per heavy atom. The van der Waals surface area contributed by atoms with Gasteiger partial charge in [-0.3, -0.25) is 4.79 Å². The highest BCUT2D eigenvalue weighted by Gasteiger charge is 2.13. The van der Waals surface area contributed by atoms with Crippen molar-refractivity contribution < 1.29 is 9.21 Å². The molecule has 0 unspecified atom stereocenters. The summed E-state index contributed by atoms with van der Waals surface area (Å²) in [6, 6.07) is 6.58. The lowest BCUT2D eigenvalue weighted by atomic mass is 10.3. The molecule has 6 heteroatoms. The molecule has 0 saturated carbocycles. The lowest BCUT2D eigenvalue weighted by molar-refractivity contribution is 0.102. The number of benzene rings is 1. The van der Waals surface area contributed by atoms with Crippen LogP contribution in [0.15, 0.2) is 39.4 Å². The number of carbonyl (C=O) groups excluding carboxylic acids is 1. The molecule has 1 heterocycles. The largest absolute Gasteiger partial charge is 0.452 e. The molecule has 3 nitrogen and oxygen atoms in total. The number of rotatable bonds is 2. The molecule has 0 fully saturated rings. The zero-order valence-corrected chi connectivity index (χ0v) is 11.4. The van der Waals surface area contributed by atoms with Gasteiger partial charge < -0.3 is 9.73 Å². The summed E-state index contributed by atoms with van der Waals surface area (Å²) in [6.07, 6.45) is 1.36. The SMILES string of the molecule is O=C(Nc1ccc(Cl)c(Br)c1)c1ccoc1Cl. The van der Waals surface area contributed by atoms with Crippen molar-refractivity contribution in [3.63, 3.8) is 0 Å². The van der Waals surface area contributed by atoms with Crippen molar-refractivity contribution in [1.29, 1.82) is 0 Å². The molecule has 0 radical (unpaired) electrons. The highest BCUT2D eigenvalue weighted by atomic mass is 79.9. The van der Waals surface area contributed by atoms with Gasteiger partial charge in [0.1, 0.15) is 0 Å². The van der Waals surface area contributed by atoms with E-state index in [2.05, 4.69) is 21.2 Å². The van der Waals surface area contributed by atoms with E-state index in [1.807, 2.05) is 0 Å². The first-order valence-corrected chi connectivity index (χ1v) is 6.12. The molecule has 0 atom stereocenters. The van der Waals surface area contributed by atoms with Gasteiger partial charge in [-0.1, -0.05) is 11.6 Å². The van der Waals surface area contributed by atoms with Crippen molar-refractivity contribution >= 4 is 50.7 Å². The smallest absolute Gasteiger partial charge is 0.260 e. The first-order chi connectivity index (χ1) is 8.08. The standard InChI is InChI=1S/C11H6BrCl2NO2/c12-8-5-6(1-2-9(8)13)15-11(16)7-3-4-17-10(7)14/h1-5H,(H,15,16). The normalized spacial score (nSPS) is 10.3. The predicted octanol–water partition coefficient (Wildman–Crippen LogP) is 4.60. The number of carbonyl (C=O) groups is 1. The summed E-state index contributed by atoms with van der Waals surface area (Å²) in [4.78, 5) is 11.8. The van der Waals surface area contributed by atoms with Crippen LogP contribution in [0.4, 0.5) is 5.69 Å². The Hall–Kier alpha value is -0.970. The average Bonchev–Trinajstić information content (AvgIpc) is 2.70. The number of amides is 1. The van der Waals surface area contributed by atoms with Crippen LogP contribution in [-0.4, -0.2) is 5.91 Å². The van der Waals surface area contributed by atoms with Crippen molar-refractivity contribution in [2.45, 2.75) is 0 Å². The summed E-state index contributed by atoms with van der Waals surface area (Å²) in [6.45, 7) is 0. The first kappa shape index (κ1) is 12.5. The van der Waals surface area contributed by atoms with Crippen LogP contribution in [0.1, 0.15) is 10.4 Å². The second kappa shape index (κ2) is 5.12. The number of anilines is 1. The molecule has 1 aromatic carbocycles.